The average molecular weight is 252 g/mol. The van der Waals surface area contributed by atoms with Gasteiger partial charge in [-0.05, 0) is 39.8 Å². The second kappa shape index (κ2) is 6.39. The van der Waals surface area contributed by atoms with E-state index in [2.05, 4.69) is 51.9 Å². The normalized spacial score (nSPS) is 14.4. The molecule has 1 unspecified atom stereocenters. The molecule has 1 aromatic heterocycles. The van der Waals surface area contributed by atoms with Gasteiger partial charge in [0.15, 0.2) is 0 Å². The second-order valence-electron chi connectivity index (χ2n) is 6.49. The summed E-state index contributed by atoms with van der Waals surface area (Å²) in [5.41, 5.74) is 1.41. The summed E-state index contributed by atoms with van der Waals surface area (Å²) in [7, 11) is 2.18. The van der Waals surface area contributed by atoms with Crippen LogP contribution in [0, 0.1) is 5.92 Å². The van der Waals surface area contributed by atoms with E-state index in [1.807, 2.05) is 12.3 Å². The zero-order chi connectivity index (χ0) is 13.8. The predicted octanol–water partition coefficient (Wildman–Crippen LogP) is 3.12. The largest absolute Gasteiger partial charge is 0.472 e. The molecule has 1 aromatic rings. The van der Waals surface area contributed by atoms with E-state index in [1.54, 1.807) is 6.26 Å². The zero-order valence-corrected chi connectivity index (χ0v) is 12.7. The predicted molar refractivity (Wildman–Crippen MR) is 76.6 cm³/mol. The van der Waals surface area contributed by atoms with Crippen LogP contribution in [0.4, 0.5) is 0 Å². The van der Waals surface area contributed by atoms with Crippen LogP contribution in [0.15, 0.2) is 23.0 Å². The molecule has 0 bridgehead atoms. The summed E-state index contributed by atoms with van der Waals surface area (Å²) in [6, 6.07) is 2.56. The first kappa shape index (κ1) is 15.3. The first-order valence-electron chi connectivity index (χ1n) is 6.76. The maximum absolute atomic E-state index is 5.13. The molecule has 0 spiro atoms. The van der Waals surface area contributed by atoms with E-state index < -0.39 is 0 Å². The molecule has 0 saturated carbocycles. The lowest BCUT2D eigenvalue weighted by atomic mass is 10.0. The quantitative estimate of drug-likeness (QED) is 0.843. The van der Waals surface area contributed by atoms with Gasteiger partial charge in [0, 0.05) is 30.2 Å². The molecule has 104 valence electrons. The highest BCUT2D eigenvalue weighted by molar-refractivity contribution is 5.05. The SMILES string of the molecule is CC(C)C(CNC(C)(C)C)N(C)Cc1ccoc1. The minimum atomic E-state index is 0.170. The Bertz CT molecular complexity index is 325. The van der Waals surface area contributed by atoms with Gasteiger partial charge in [-0.3, -0.25) is 4.90 Å². The van der Waals surface area contributed by atoms with Gasteiger partial charge >= 0.3 is 0 Å². The minimum Gasteiger partial charge on any atom is -0.472 e. The standard InChI is InChI=1S/C15H28N2O/c1-12(2)14(9-16-15(3,4)5)17(6)10-13-7-8-18-11-13/h7-8,11-12,14,16H,9-10H2,1-6H3. The van der Waals surface area contributed by atoms with Crippen molar-refractivity contribution in [2.75, 3.05) is 13.6 Å². The van der Waals surface area contributed by atoms with Crippen LogP contribution in [0.2, 0.25) is 0 Å². The van der Waals surface area contributed by atoms with Gasteiger partial charge in [0.1, 0.15) is 0 Å². The first-order valence-corrected chi connectivity index (χ1v) is 6.76. The fourth-order valence-electron chi connectivity index (χ4n) is 2.10. The maximum atomic E-state index is 5.13. The Morgan fingerprint density at radius 3 is 2.44 bits per heavy atom. The lowest BCUT2D eigenvalue weighted by molar-refractivity contribution is 0.169. The van der Waals surface area contributed by atoms with Crippen LogP contribution in [-0.4, -0.2) is 30.1 Å². The molecule has 0 aliphatic heterocycles. The zero-order valence-electron chi connectivity index (χ0n) is 12.7. The van der Waals surface area contributed by atoms with Crippen molar-refractivity contribution >= 4 is 0 Å². The fraction of sp³-hybridized carbons (Fsp3) is 0.733. The van der Waals surface area contributed by atoms with E-state index >= 15 is 0 Å². The average Bonchev–Trinajstić information content (AvgIpc) is 2.67. The van der Waals surface area contributed by atoms with E-state index in [4.69, 9.17) is 4.42 Å². The summed E-state index contributed by atoms with van der Waals surface area (Å²) in [5, 5.41) is 3.60. The number of nitrogens with one attached hydrogen (secondary N) is 1. The van der Waals surface area contributed by atoms with Gasteiger partial charge in [-0.1, -0.05) is 13.8 Å². The van der Waals surface area contributed by atoms with Crippen molar-refractivity contribution in [3.63, 3.8) is 0 Å². The van der Waals surface area contributed by atoms with E-state index in [9.17, 15) is 0 Å². The third-order valence-electron chi connectivity index (χ3n) is 3.19. The summed E-state index contributed by atoms with van der Waals surface area (Å²) in [6.07, 6.45) is 3.56. The molecule has 3 nitrogen and oxygen atoms in total. The Kier molecular flexibility index (Phi) is 5.42. The lowest BCUT2D eigenvalue weighted by Gasteiger charge is -2.34. The Balaban J connectivity index is 2.55. The highest BCUT2D eigenvalue weighted by Gasteiger charge is 2.21. The molecular weight excluding hydrogens is 224 g/mol. The number of rotatable bonds is 6. The molecule has 0 saturated heterocycles. The van der Waals surface area contributed by atoms with Crippen LogP contribution < -0.4 is 5.32 Å². The Morgan fingerprint density at radius 1 is 1.33 bits per heavy atom. The van der Waals surface area contributed by atoms with Gasteiger partial charge in [0.2, 0.25) is 0 Å². The summed E-state index contributed by atoms with van der Waals surface area (Å²) in [6.45, 7) is 13.1. The fourth-order valence-corrected chi connectivity index (χ4v) is 2.10. The summed E-state index contributed by atoms with van der Waals surface area (Å²) < 4.78 is 5.13. The molecule has 1 heterocycles. The van der Waals surface area contributed by atoms with Gasteiger partial charge in [-0.25, -0.2) is 0 Å². The van der Waals surface area contributed by atoms with Gasteiger partial charge in [-0.15, -0.1) is 0 Å². The van der Waals surface area contributed by atoms with Crippen LogP contribution in [0.3, 0.4) is 0 Å². The van der Waals surface area contributed by atoms with Crippen LogP contribution in [0.5, 0.6) is 0 Å². The van der Waals surface area contributed by atoms with Crippen LogP contribution in [-0.2, 0) is 6.54 Å². The number of furan rings is 1. The Hall–Kier alpha value is -0.800. The third-order valence-corrected chi connectivity index (χ3v) is 3.19. The molecule has 1 rings (SSSR count). The van der Waals surface area contributed by atoms with Gasteiger partial charge < -0.3 is 9.73 Å². The van der Waals surface area contributed by atoms with Crippen molar-refractivity contribution in [3.05, 3.63) is 24.2 Å². The number of hydrogen-bond acceptors (Lipinski definition) is 3. The van der Waals surface area contributed by atoms with Crippen LogP contribution >= 0.6 is 0 Å². The summed E-state index contributed by atoms with van der Waals surface area (Å²) in [5.74, 6) is 0.622. The monoisotopic (exact) mass is 252 g/mol. The molecule has 3 heteroatoms. The molecule has 0 aliphatic carbocycles. The molecule has 0 aromatic carbocycles. The molecule has 18 heavy (non-hydrogen) atoms. The van der Waals surface area contributed by atoms with E-state index in [1.165, 1.54) is 5.56 Å². The number of nitrogens with zero attached hydrogens (tertiary/aromatic N) is 1. The molecule has 0 fully saturated rings. The highest BCUT2D eigenvalue weighted by atomic mass is 16.3. The van der Waals surface area contributed by atoms with Gasteiger partial charge in [-0.2, -0.15) is 0 Å². The summed E-state index contributed by atoms with van der Waals surface area (Å²) >= 11 is 0. The van der Waals surface area contributed by atoms with E-state index in [0.29, 0.717) is 12.0 Å². The van der Waals surface area contributed by atoms with Crippen molar-refractivity contribution < 1.29 is 4.42 Å². The second-order valence-corrected chi connectivity index (χ2v) is 6.49. The molecule has 0 amide bonds. The van der Waals surface area contributed by atoms with Crippen molar-refractivity contribution in [2.45, 2.75) is 52.7 Å². The summed E-state index contributed by atoms with van der Waals surface area (Å²) in [4.78, 5) is 2.40. The molecular formula is C15H28N2O. The lowest BCUT2D eigenvalue weighted by Crippen LogP contribution is -2.48. The highest BCUT2D eigenvalue weighted by Crippen LogP contribution is 2.14. The smallest absolute Gasteiger partial charge is 0.0947 e. The Morgan fingerprint density at radius 2 is 2.00 bits per heavy atom. The van der Waals surface area contributed by atoms with Crippen molar-refractivity contribution in [3.8, 4) is 0 Å². The van der Waals surface area contributed by atoms with Gasteiger partial charge in [0.05, 0.1) is 12.5 Å². The van der Waals surface area contributed by atoms with Crippen molar-refractivity contribution in [2.24, 2.45) is 5.92 Å². The van der Waals surface area contributed by atoms with Gasteiger partial charge in [0.25, 0.3) is 0 Å². The maximum Gasteiger partial charge on any atom is 0.0947 e. The first-order chi connectivity index (χ1) is 8.29. The number of hydrogen-bond donors (Lipinski definition) is 1. The van der Waals surface area contributed by atoms with Crippen molar-refractivity contribution in [1.29, 1.82) is 0 Å². The third kappa shape index (κ3) is 5.23. The Labute approximate surface area is 112 Å². The molecule has 1 atom stereocenters. The minimum absolute atomic E-state index is 0.170. The van der Waals surface area contributed by atoms with E-state index in [-0.39, 0.29) is 5.54 Å². The topological polar surface area (TPSA) is 28.4 Å². The van der Waals surface area contributed by atoms with Crippen LogP contribution in [0.25, 0.3) is 0 Å². The molecule has 0 radical (unpaired) electrons. The van der Waals surface area contributed by atoms with Crippen LogP contribution in [0.1, 0.15) is 40.2 Å². The molecule has 1 N–H and O–H groups in total. The van der Waals surface area contributed by atoms with E-state index in [0.717, 1.165) is 13.1 Å². The molecule has 0 aliphatic rings. The number of likely N-dealkylation sites (N-methyl/N-ethyl adjacent to an activating group) is 1. The van der Waals surface area contributed by atoms with Crippen molar-refractivity contribution in [1.82, 2.24) is 10.2 Å².